The second-order valence-electron chi connectivity index (χ2n) is 7.21. The van der Waals surface area contributed by atoms with Crippen molar-refractivity contribution in [3.63, 3.8) is 0 Å². The van der Waals surface area contributed by atoms with Crippen molar-refractivity contribution >= 4 is 22.5 Å². The lowest BCUT2D eigenvalue weighted by Gasteiger charge is -2.29. The van der Waals surface area contributed by atoms with Gasteiger partial charge in [0.15, 0.2) is 0 Å². The lowest BCUT2D eigenvalue weighted by molar-refractivity contribution is 0.141. The minimum absolute atomic E-state index is 0.104. The number of anilines is 1. The Hall–Kier alpha value is -3.08. The summed E-state index contributed by atoms with van der Waals surface area (Å²) in [5.74, 6) is 0.421. The van der Waals surface area contributed by atoms with Gasteiger partial charge in [0, 0.05) is 11.7 Å². The summed E-state index contributed by atoms with van der Waals surface area (Å²) < 4.78 is 18.9. The number of carbonyl (C=O) groups is 1. The van der Waals surface area contributed by atoms with Crippen molar-refractivity contribution in [3.05, 3.63) is 72.5 Å². The van der Waals surface area contributed by atoms with E-state index in [9.17, 15) is 9.18 Å². The van der Waals surface area contributed by atoms with E-state index in [1.54, 1.807) is 12.1 Å². The Labute approximate surface area is 163 Å². The second kappa shape index (κ2) is 8.30. The molecule has 28 heavy (non-hydrogen) atoms. The molecule has 1 saturated carbocycles. The van der Waals surface area contributed by atoms with Gasteiger partial charge in [-0.2, -0.15) is 0 Å². The van der Waals surface area contributed by atoms with Gasteiger partial charge in [0.2, 0.25) is 0 Å². The molecule has 4 rings (SSSR count). The first-order chi connectivity index (χ1) is 13.7. The van der Waals surface area contributed by atoms with Gasteiger partial charge in [-0.25, -0.2) is 9.18 Å². The summed E-state index contributed by atoms with van der Waals surface area (Å²) in [5, 5.41) is 8.22. The Morgan fingerprint density at radius 3 is 2.36 bits per heavy atom. The monoisotopic (exact) mass is 378 g/mol. The highest BCUT2D eigenvalue weighted by Gasteiger charge is 2.23. The summed E-state index contributed by atoms with van der Waals surface area (Å²) in [6, 6.07) is 20.0. The average molecular weight is 378 g/mol. The number of fused-ring (bicyclic) bond motifs is 1. The van der Waals surface area contributed by atoms with E-state index in [0.29, 0.717) is 5.75 Å². The minimum atomic E-state index is -0.266. The fourth-order valence-corrected chi connectivity index (χ4v) is 3.65. The maximum Gasteiger partial charge on any atom is 0.319 e. The molecular formula is C23H23FN2O2. The maximum atomic E-state index is 13.0. The van der Waals surface area contributed by atoms with Crippen LogP contribution in [0.2, 0.25) is 0 Å². The standard InChI is InChI=1S/C23H23FN2O2/c24-18-6-11-21(12-7-18)28-22-13-9-19(10-14-22)25-23(27)26-20-8-5-16-3-1-2-4-17(16)15-20/h1-8,11-12,15,19,22H,9-10,13-14H2,(H2,25,26,27). The molecule has 0 bridgehead atoms. The molecule has 0 aliphatic heterocycles. The Morgan fingerprint density at radius 1 is 0.893 bits per heavy atom. The summed E-state index contributed by atoms with van der Waals surface area (Å²) in [6.45, 7) is 0. The molecule has 1 aliphatic rings. The molecule has 0 heterocycles. The molecular weight excluding hydrogens is 355 g/mol. The zero-order valence-corrected chi connectivity index (χ0v) is 15.5. The van der Waals surface area contributed by atoms with E-state index < -0.39 is 0 Å². The Morgan fingerprint density at radius 2 is 1.61 bits per heavy atom. The van der Waals surface area contributed by atoms with Gasteiger partial charge in [-0.1, -0.05) is 30.3 Å². The lowest BCUT2D eigenvalue weighted by Crippen LogP contribution is -2.41. The fourth-order valence-electron chi connectivity index (χ4n) is 3.65. The van der Waals surface area contributed by atoms with E-state index in [1.165, 1.54) is 12.1 Å². The number of hydrogen-bond donors (Lipinski definition) is 2. The molecule has 0 saturated heterocycles. The van der Waals surface area contributed by atoms with Crippen LogP contribution in [0.4, 0.5) is 14.9 Å². The molecule has 3 aromatic rings. The third-order valence-corrected chi connectivity index (χ3v) is 5.13. The number of rotatable bonds is 4. The molecule has 0 radical (unpaired) electrons. The Kier molecular flexibility index (Phi) is 5.42. The average Bonchev–Trinajstić information content (AvgIpc) is 2.71. The molecule has 0 unspecified atom stereocenters. The van der Waals surface area contributed by atoms with Crippen LogP contribution >= 0.6 is 0 Å². The van der Waals surface area contributed by atoms with Gasteiger partial charge in [-0.3, -0.25) is 0 Å². The number of ether oxygens (including phenoxy) is 1. The first-order valence-corrected chi connectivity index (χ1v) is 9.64. The molecule has 4 nitrogen and oxygen atoms in total. The highest BCUT2D eigenvalue weighted by atomic mass is 19.1. The molecule has 3 aromatic carbocycles. The highest BCUT2D eigenvalue weighted by molar-refractivity contribution is 5.93. The molecule has 2 amide bonds. The van der Waals surface area contributed by atoms with Crippen LogP contribution < -0.4 is 15.4 Å². The van der Waals surface area contributed by atoms with E-state index in [1.807, 2.05) is 42.5 Å². The van der Waals surface area contributed by atoms with Crippen LogP contribution in [0.5, 0.6) is 5.75 Å². The predicted molar refractivity (Wildman–Crippen MR) is 109 cm³/mol. The Balaban J connectivity index is 1.25. The summed E-state index contributed by atoms with van der Waals surface area (Å²) in [6.07, 6.45) is 3.54. The first-order valence-electron chi connectivity index (χ1n) is 9.64. The van der Waals surface area contributed by atoms with E-state index in [0.717, 1.165) is 42.1 Å². The summed E-state index contributed by atoms with van der Waals surface area (Å²) >= 11 is 0. The van der Waals surface area contributed by atoms with E-state index in [-0.39, 0.29) is 24.0 Å². The molecule has 0 atom stereocenters. The molecule has 2 N–H and O–H groups in total. The number of benzene rings is 3. The molecule has 1 aliphatic carbocycles. The number of amides is 2. The SMILES string of the molecule is O=C(Nc1ccc2ccccc2c1)NC1CCC(Oc2ccc(F)cc2)CC1. The lowest BCUT2D eigenvalue weighted by atomic mass is 9.93. The number of urea groups is 1. The zero-order chi connectivity index (χ0) is 19.3. The van der Waals surface area contributed by atoms with Crippen LogP contribution in [0.25, 0.3) is 10.8 Å². The van der Waals surface area contributed by atoms with E-state index in [2.05, 4.69) is 10.6 Å². The molecule has 1 fully saturated rings. The van der Waals surface area contributed by atoms with Crippen molar-refractivity contribution in [2.75, 3.05) is 5.32 Å². The van der Waals surface area contributed by atoms with Gasteiger partial charge in [0.25, 0.3) is 0 Å². The summed E-state index contributed by atoms with van der Waals surface area (Å²) in [4.78, 5) is 12.3. The van der Waals surface area contributed by atoms with Crippen molar-refractivity contribution in [2.24, 2.45) is 0 Å². The molecule has 5 heteroatoms. The largest absolute Gasteiger partial charge is 0.490 e. The van der Waals surface area contributed by atoms with Crippen LogP contribution in [0.3, 0.4) is 0 Å². The normalized spacial score (nSPS) is 19.2. The highest BCUT2D eigenvalue weighted by Crippen LogP contribution is 2.24. The van der Waals surface area contributed by atoms with Crippen molar-refractivity contribution < 1.29 is 13.9 Å². The van der Waals surface area contributed by atoms with Crippen molar-refractivity contribution in [3.8, 4) is 5.75 Å². The van der Waals surface area contributed by atoms with Gasteiger partial charge >= 0.3 is 6.03 Å². The van der Waals surface area contributed by atoms with Gasteiger partial charge in [-0.15, -0.1) is 0 Å². The zero-order valence-electron chi connectivity index (χ0n) is 15.5. The molecule has 0 spiro atoms. The third-order valence-electron chi connectivity index (χ3n) is 5.13. The first kappa shape index (κ1) is 18.3. The van der Waals surface area contributed by atoms with Crippen molar-refractivity contribution in [2.45, 2.75) is 37.8 Å². The number of halogens is 1. The summed E-state index contributed by atoms with van der Waals surface area (Å²) in [7, 11) is 0. The Bertz CT molecular complexity index is 950. The van der Waals surface area contributed by atoms with Crippen LogP contribution in [0.15, 0.2) is 66.7 Å². The van der Waals surface area contributed by atoms with Gasteiger partial charge in [-0.05, 0) is 72.9 Å². The third kappa shape index (κ3) is 4.60. The summed E-state index contributed by atoms with van der Waals surface area (Å²) in [5.41, 5.74) is 0.782. The van der Waals surface area contributed by atoms with Crippen molar-refractivity contribution in [1.82, 2.24) is 5.32 Å². The van der Waals surface area contributed by atoms with E-state index >= 15 is 0 Å². The van der Waals surface area contributed by atoms with Crippen LogP contribution in [-0.2, 0) is 0 Å². The van der Waals surface area contributed by atoms with Gasteiger partial charge in [0.05, 0.1) is 6.10 Å². The molecule has 144 valence electrons. The van der Waals surface area contributed by atoms with Crippen LogP contribution in [0, 0.1) is 5.82 Å². The number of carbonyl (C=O) groups excluding carboxylic acids is 1. The second-order valence-corrected chi connectivity index (χ2v) is 7.21. The smallest absolute Gasteiger partial charge is 0.319 e. The van der Waals surface area contributed by atoms with E-state index in [4.69, 9.17) is 4.74 Å². The number of nitrogens with one attached hydrogen (secondary N) is 2. The molecule has 0 aromatic heterocycles. The van der Waals surface area contributed by atoms with Crippen LogP contribution in [-0.4, -0.2) is 18.2 Å². The predicted octanol–water partition coefficient (Wildman–Crippen LogP) is 5.49. The minimum Gasteiger partial charge on any atom is -0.490 e. The topological polar surface area (TPSA) is 50.4 Å². The van der Waals surface area contributed by atoms with Crippen molar-refractivity contribution in [1.29, 1.82) is 0 Å². The van der Waals surface area contributed by atoms with Gasteiger partial charge in [0.1, 0.15) is 11.6 Å². The van der Waals surface area contributed by atoms with Gasteiger partial charge < -0.3 is 15.4 Å². The fraction of sp³-hybridized carbons (Fsp3) is 0.261. The number of hydrogen-bond acceptors (Lipinski definition) is 2. The maximum absolute atomic E-state index is 13.0. The quantitative estimate of drug-likeness (QED) is 0.631. The van der Waals surface area contributed by atoms with Crippen LogP contribution in [0.1, 0.15) is 25.7 Å².